The van der Waals surface area contributed by atoms with Gasteiger partial charge in [-0.1, -0.05) is 66.7 Å². The summed E-state index contributed by atoms with van der Waals surface area (Å²) in [5.41, 5.74) is 21.2. The van der Waals surface area contributed by atoms with Crippen LogP contribution in [0, 0.1) is 0 Å². The molecule has 1 heterocycles. The Balaban J connectivity index is 1.26. The number of nitrogens with two attached hydrogens (primary N) is 3. The highest BCUT2D eigenvalue weighted by Crippen LogP contribution is 2.22. The maximum atomic E-state index is 12.9. The van der Waals surface area contributed by atoms with Crippen molar-refractivity contribution in [3.8, 4) is 11.6 Å². The van der Waals surface area contributed by atoms with Crippen LogP contribution in [-0.4, -0.2) is 28.8 Å². The number of nitrogens with zero attached hydrogens (tertiary/aromatic N) is 3. The van der Waals surface area contributed by atoms with Crippen LogP contribution in [0.25, 0.3) is 0 Å². The lowest BCUT2D eigenvalue weighted by molar-refractivity contribution is 0.0948. The standard InChI is InChI=1S/C31H33N9O3/c32-17-21-7-4-8-22(15-21)19-37-29(33)39-31(42)40-30(34)38-20-24-10-5-9-23(16-24)18-36-27(41)26-13-6-14-35-28(26)43-25-11-2-1-3-12-25/h1-16H,17-20,32H2,(H,36,41)(H6,33,34,37,38,39,40,42). The second-order valence-corrected chi connectivity index (χ2v) is 9.28. The van der Waals surface area contributed by atoms with Gasteiger partial charge in [-0.05, 0) is 46.5 Å². The Morgan fingerprint density at radius 2 is 1.35 bits per heavy atom. The highest BCUT2D eigenvalue weighted by molar-refractivity contribution is 6.03. The van der Waals surface area contributed by atoms with Crippen molar-refractivity contribution >= 4 is 23.9 Å². The number of guanidine groups is 2. The molecule has 0 aliphatic rings. The molecule has 0 atom stereocenters. The normalized spacial score (nSPS) is 11.5. The van der Waals surface area contributed by atoms with Gasteiger partial charge in [0.2, 0.25) is 5.88 Å². The smallest absolute Gasteiger partial charge is 0.328 e. The zero-order valence-corrected chi connectivity index (χ0v) is 23.4. The predicted octanol–water partition coefficient (Wildman–Crippen LogP) is 2.89. The van der Waals surface area contributed by atoms with Gasteiger partial charge in [0.05, 0.1) is 13.1 Å². The van der Waals surface area contributed by atoms with Crippen LogP contribution in [0.1, 0.15) is 32.6 Å². The number of amides is 3. The van der Waals surface area contributed by atoms with Gasteiger partial charge in [0.25, 0.3) is 5.91 Å². The van der Waals surface area contributed by atoms with Gasteiger partial charge in [-0.25, -0.2) is 19.8 Å². The first-order chi connectivity index (χ1) is 20.9. The van der Waals surface area contributed by atoms with E-state index in [4.69, 9.17) is 21.9 Å². The summed E-state index contributed by atoms with van der Waals surface area (Å²) in [5.74, 6) is 0.307. The number of para-hydroxylation sites is 1. The molecule has 0 unspecified atom stereocenters. The van der Waals surface area contributed by atoms with Gasteiger partial charge < -0.3 is 27.3 Å². The van der Waals surface area contributed by atoms with Gasteiger partial charge in [0.1, 0.15) is 11.3 Å². The van der Waals surface area contributed by atoms with Crippen molar-refractivity contribution < 1.29 is 14.3 Å². The molecule has 0 bridgehead atoms. The van der Waals surface area contributed by atoms with Crippen molar-refractivity contribution in [1.29, 1.82) is 0 Å². The van der Waals surface area contributed by atoms with E-state index in [0.29, 0.717) is 17.9 Å². The molecule has 3 amide bonds. The molecule has 0 saturated heterocycles. The van der Waals surface area contributed by atoms with Crippen molar-refractivity contribution in [3.05, 3.63) is 125 Å². The van der Waals surface area contributed by atoms with Gasteiger partial charge in [-0.15, -0.1) is 0 Å². The highest BCUT2D eigenvalue weighted by Gasteiger charge is 2.14. The predicted molar refractivity (Wildman–Crippen MR) is 165 cm³/mol. The Bertz CT molecular complexity index is 1610. The van der Waals surface area contributed by atoms with E-state index in [0.717, 1.165) is 22.3 Å². The molecule has 4 rings (SSSR count). The summed E-state index contributed by atoms with van der Waals surface area (Å²) in [7, 11) is 0. The second-order valence-electron chi connectivity index (χ2n) is 9.28. The molecule has 0 fully saturated rings. The van der Waals surface area contributed by atoms with Crippen LogP contribution in [0.15, 0.2) is 107 Å². The number of ether oxygens (including phenoxy) is 1. The second kappa shape index (κ2) is 15.3. The molecule has 220 valence electrons. The molecule has 0 saturated carbocycles. The van der Waals surface area contributed by atoms with Crippen LogP contribution in [0.3, 0.4) is 0 Å². The Labute approximate surface area is 249 Å². The zero-order valence-electron chi connectivity index (χ0n) is 23.4. The zero-order chi connectivity index (χ0) is 30.4. The van der Waals surface area contributed by atoms with Crippen LogP contribution in [0.5, 0.6) is 11.6 Å². The monoisotopic (exact) mass is 579 g/mol. The number of rotatable bonds is 10. The number of hydrogen-bond acceptors (Lipinski definition) is 7. The van der Waals surface area contributed by atoms with Crippen LogP contribution in [0.4, 0.5) is 4.79 Å². The van der Waals surface area contributed by atoms with E-state index in [9.17, 15) is 9.59 Å². The molecule has 43 heavy (non-hydrogen) atoms. The molecule has 0 aliphatic heterocycles. The van der Waals surface area contributed by atoms with Crippen LogP contribution < -0.4 is 37.9 Å². The molecule has 12 nitrogen and oxygen atoms in total. The average molecular weight is 580 g/mol. The number of pyridine rings is 1. The van der Waals surface area contributed by atoms with Gasteiger partial charge in [0, 0.05) is 19.3 Å². The minimum Gasteiger partial charge on any atom is -0.438 e. The lowest BCUT2D eigenvalue weighted by Gasteiger charge is -2.11. The minimum atomic E-state index is -0.666. The first kappa shape index (κ1) is 30.2. The first-order valence-electron chi connectivity index (χ1n) is 13.4. The third-order valence-electron chi connectivity index (χ3n) is 5.99. The largest absolute Gasteiger partial charge is 0.438 e. The average Bonchev–Trinajstić information content (AvgIpc) is 3.02. The topological polar surface area (TPSA) is 195 Å². The van der Waals surface area contributed by atoms with Gasteiger partial charge >= 0.3 is 6.03 Å². The summed E-state index contributed by atoms with van der Waals surface area (Å²) in [6, 6.07) is 26.9. The Morgan fingerprint density at radius 3 is 2.00 bits per heavy atom. The van der Waals surface area contributed by atoms with Crippen molar-refractivity contribution in [1.82, 2.24) is 20.9 Å². The maximum absolute atomic E-state index is 12.9. The first-order valence-corrected chi connectivity index (χ1v) is 13.4. The molecule has 12 heteroatoms. The van der Waals surface area contributed by atoms with E-state index in [1.165, 1.54) is 0 Å². The summed E-state index contributed by atoms with van der Waals surface area (Å²) in [5, 5.41) is 7.72. The lowest BCUT2D eigenvalue weighted by Crippen LogP contribution is -2.48. The Kier molecular flexibility index (Phi) is 10.8. The van der Waals surface area contributed by atoms with Crippen molar-refractivity contribution in [2.24, 2.45) is 27.2 Å². The van der Waals surface area contributed by atoms with Crippen LogP contribution in [0.2, 0.25) is 0 Å². The maximum Gasteiger partial charge on any atom is 0.328 e. The third kappa shape index (κ3) is 9.69. The van der Waals surface area contributed by atoms with Gasteiger partial charge in [-0.3, -0.25) is 15.4 Å². The van der Waals surface area contributed by atoms with Gasteiger partial charge in [-0.2, -0.15) is 0 Å². The lowest BCUT2D eigenvalue weighted by atomic mass is 10.1. The Morgan fingerprint density at radius 1 is 0.744 bits per heavy atom. The summed E-state index contributed by atoms with van der Waals surface area (Å²) >= 11 is 0. The van der Waals surface area contributed by atoms with E-state index < -0.39 is 6.03 Å². The minimum absolute atomic E-state index is 0.0665. The highest BCUT2D eigenvalue weighted by atomic mass is 16.5. The van der Waals surface area contributed by atoms with E-state index in [2.05, 4.69) is 30.9 Å². The molecular formula is C31H33N9O3. The van der Waals surface area contributed by atoms with Crippen LogP contribution >= 0.6 is 0 Å². The quantitative estimate of drug-likeness (QED) is 0.123. The molecule has 4 aromatic rings. The number of carbonyl (C=O) groups excluding carboxylic acids is 2. The molecular weight excluding hydrogens is 546 g/mol. The number of hydrogen-bond donors (Lipinski definition) is 6. The summed E-state index contributed by atoms with van der Waals surface area (Å²) < 4.78 is 5.79. The number of aromatic nitrogens is 1. The SMILES string of the molecule is NCc1cccc(CN=C(N)NC(=O)NC(N)=NCc2cccc(CNC(=O)c3cccnc3Oc3ccccc3)c2)c1. The van der Waals surface area contributed by atoms with Gasteiger partial charge in [0.15, 0.2) is 11.9 Å². The van der Waals surface area contributed by atoms with Crippen molar-refractivity contribution in [2.75, 3.05) is 0 Å². The number of aliphatic imine (C=N–C) groups is 2. The molecule has 1 aromatic heterocycles. The number of nitrogens with one attached hydrogen (secondary N) is 3. The third-order valence-corrected chi connectivity index (χ3v) is 5.99. The van der Waals surface area contributed by atoms with E-state index in [1.54, 1.807) is 30.5 Å². The molecule has 0 spiro atoms. The number of benzene rings is 3. The van der Waals surface area contributed by atoms with Crippen molar-refractivity contribution in [3.63, 3.8) is 0 Å². The van der Waals surface area contributed by atoms with E-state index >= 15 is 0 Å². The molecule has 0 radical (unpaired) electrons. The fraction of sp³-hybridized carbons (Fsp3) is 0.129. The molecule has 9 N–H and O–H groups in total. The van der Waals surface area contributed by atoms with E-state index in [1.807, 2.05) is 66.7 Å². The summed E-state index contributed by atoms with van der Waals surface area (Å²) in [4.78, 5) is 37.7. The van der Waals surface area contributed by atoms with Crippen molar-refractivity contribution in [2.45, 2.75) is 26.2 Å². The van der Waals surface area contributed by atoms with Crippen LogP contribution in [-0.2, 0) is 26.2 Å². The molecule has 3 aromatic carbocycles. The number of carbonyl (C=O) groups is 2. The number of urea groups is 1. The summed E-state index contributed by atoms with van der Waals surface area (Å²) in [6.45, 7) is 1.17. The molecule has 0 aliphatic carbocycles. The van der Waals surface area contributed by atoms with E-state index in [-0.39, 0.29) is 43.3 Å². The fourth-order valence-corrected chi connectivity index (χ4v) is 3.91. The summed E-state index contributed by atoms with van der Waals surface area (Å²) in [6.07, 6.45) is 1.57. The fourth-order valence-electron chi connectivity index (χ4n) is 3.91. The Hall–Kier alpha value is -5.75.